The molecule has 0 fully saturated rings. The van der Waals surface area contributed by atoms with E-state index in [2.05, 4.69) is 96.9 Å². The summed E-state index contributed by atoms with van der Waals surface area (Å²) in [6, 6.07) is 0. The maximum Gasteiger partial charge on any atom is 0.0922 e. The third-order valence-corrected chi connectivity index (χ3v) is 8.97. The minimum atomic E-state index is 0.924. The Bertz CT molecular complexity index is 1250. The van der Waals surface area contributed by atoms with Crippen LogP contribution in [0.4, 0.5) is 22.7 Å². The van der Waals surface area contributed by atoms with Crippen LogP contribution in [-0.4, -0.2) is 0 Å². The predicted octanol–water partition coefficient (Wildman–Crippen LogP) is 10.8. The molecule has 0 aliphatic rings. The van der Waals surface area contributed by atoms with Crippen LogP contribution in [0, 0.1) is 96.9 Å². The normalized spacial score (nSPS) is 11.9. The van der Waals surface area contributed by atoms with Crippen molar-refractivity contribution < 1.29 is 0 Å². The molecule has 0 radical (unpaired) electrons. The largest absolute Gasteiger partial charge is 0.150 e. The first kappa shape index (κ1) is 27.4. The molecule has 0 heterocycles. The Hall–Kier alpha value is -3.14. The molecule has 3 aromatic rings. The molecule has 0 spiro atoms. The Morgan fingerprint density at radius 3 is 0.472 bits per heavy atom. The van der Waals surface area contributed by atoms with Crippen molar-refractivity contribution in [3.63, 3.8) is 0 Å². The summed E-state index contributed by atoms with van der Waals surface area (Å²) in [4.78, 5) is 0. The predicted molar refractivity (Wildman–Crippen MR) is 154 cm³/mol. The van der Waals surface area contributed by atoms with Gasteiger partial charge in [-0.05, 0) is 175 Å². The Balaban J connectivity index is 2.13. The van der Waals surface area contributed by atoms with Gasteiger partial charge in [0.05, 0.1) is 22.7 Å². The van der Waals surface area contributed by atoms with Crippen LogP contribution in [0.3, 0.4) is 0 Å². The highest BCUT2D eigenvalue weighted by atomic mass is 15.1. The van der Waals surface area contributed by atoms with Crippen LogP contribution in [0.15, 0.2) is 20.5 Å². The van der Waals surface area contributed by atoms with Crippen molar-refractivity contribution >= 4 is 22.7 Å². The zero-order valence-electron chi connectivity index (χ0n) is 24.8. The highest BCUT2D eigenvalue weighted by Crippen LogP contribution is 2.41. The standard InChI is InChI=1S/C32H42N4/c1-15-17(3)21(7)29(22(8)18(15)4)33-35-31-25(11)27(13)32(28(14)26(31)12)36-34-30-23(9)19(5)16(2)20(6)24(30)10/h1-14H3/b35-33+,36-34+. The van der Waals surface area contributed by atoms with Gasteiger partial charge in [0, 0.05) is 0 Å². The summed E-state index contributed by atoms with van der Waals surface area (Å²) in [5, 5.41) is 19.2. The summed E-state index contributed by atoms with van der Waals surface area (Å²) in [5.41, 5.74) is 20.8. The molecule has 4 heteroatoms. The molecule has 0 atom stereocenters. The molecule has 3 aromatic carbocycles. The molecule has 0 aliphatic heterocycles. The van der Waals surface area contributed by atoms with Gasteiger partial charge < -0.3 is 0 Å². The van der Waals surface area contributed by atoms with Gasteiger partial charge >= 0.3 is 0 Å². The van der Waals surface area contributed by atoms with Crippen molar-refractivity contribution in [3.05, 3.63) is 77.9 Å². The molecule has 0 aliphatic carbocycles. The second kappa shape index (κ2) is 10.1. The molecule has 0 unspecified atom stereocenters. The van der Waals surface area contributed by atoms with Crippen molar-refractivity contribution in [2.75, 3.05) is 0 Å². The fourth-order valence-electron chi connectivity index (χ4n) is 5.03. The second-order valence-corrected chi connectivity index (χ2v) is 10.5. The molecular formula is C32H42N4. The van der Waals surface area contributed by atoms with E-state index < -0.39 is 0 Å². The molecule has 0 amide bonds. The number of hydrogen-bond donors (Lipinski definition) is 0. The maximum atomic E-state index is 4.80. The highest BCUT2D eigenvalue weighted by Gasteiger charge is 2.17. The van der Waals surface area contributed by atoms with E-state index in [1.807, 2.05) is 0 Å². The number of azo groups is 2. The average Bonchev–Trinajstić information content (AvgIpc) is 2.86. The first-order chi connectivity index (χ1) is 16.7. The van der Waals surface area contributed by atoms with Crippen molar-refractivity contribution in [1.82, 2.24) is 0 Å². The molecular weight excluding hydrogens is 440 g/mol. The summed E-state index contributed by atoms with van der Waals surface area (Å²) in [7, 11) is 0. The van der Waals surface area contributed by atoms with E-state index in [-0.39, 0.29) is 0 Å². The first-order valence-corrected chi connectivity index (χ1v) is 12.8. The van der Waals surface area contributed by atoms with Gasteiger partial charge in [0.1, 0.15) is 0 Å². The number of hydrogen-bond acceptors (Lipinski definition) is 4. The fourth-order valence-corrected chi connectivity index (χ4v) is 5.03. The Kier molecular flexibility index (Phi) is 7.69. The monoisotopic (exact) mass is 482 g/mol. The Labute approximate surface area is 218 Å². The fraction of sp³-hybridized carbons (Fsp3) is 0.438. The van der Waals surface area contributed by atoms with Gasteiger partial charge in [-0.1, -0.05) is 0 Å². The summed E-state index contributed by atoms with van der Waals surface area (Å²) in [5.74, 6) is 0. The molecule has 0 saturated heterocycles. The lowest BCUT2D eigenvalue weighted by Gasteiger charge is -2.17. The van der Waals surface area contributed by atoms with Gasteiger partial charge in [0.15, 0.2) is 0 Å². The van der Waals surface area contributed by atoms with Crippen LogP contribution < -0.4 is 0 Å². The smallest absolute Gasteiger partial charge is 0.0922 e. The van der Waals surface area contributed by atoms with Crippen LogP contribution in [-0.2, 0) is 0 Å². The van der Waals surface area contributed by atoms with E-state index >= 15 is 0 Å². The van der Waals surface area contributed by atoms with E-state index in [0.717, 1.165) is 45.0 Å². The minimum Gasteiger partial charge on any atom is -0.150 e. The molecule has 4 nitrogen and oxygen atoms in total. The van der Waals surface area contributed by atoms with Crippen LogP contribution in [0.1, 0.15) is 77.9 Å². The molecule has 36 heavy (non-hydrogen) atoms. The van der Waals surface area contributed by atoms with Gasteiger partial charge in [-0.2, -0.15) is 0 Å². The molecule has 0 N–H and O–H groups in total. The van der Waals surface area contributed by atoms with Crippen LogP contribution >= 0.6 is 0 Å². The highest BCUT2D eigenvalue weighted by molar-refractivity contribution is 5.70. The van der Waals surface area contributed by atoms with E-state index in [1.165, 1.54) is 55.6 Å². The minimum absolute atomic E-state index is 0.924. The lowest BCUT2D eigenvalue weighted by Crippen LogP contribution is -1.96. The molecule has 0 aromatic heterocycles. The topological polar surface area (TPSA) is 49.4 Å². The van der Waals surface area contributed by atoms with Gasteiger partial charge in [-0.25, -0.2) is 0 Å². The van der Waals surface area contributed by atoms with E-state index in [0.29, 0.717) is 0 Å². The number of rotatable bonds is 4. The van der Waals surface area contributed by atoms with Crippen molar-refractivity contribution in [2.24, 2.45) is 20.5 Å². The summed E-state index contributed by atoms with van der Waals surface area (Å²) in [6.45, 7) is 30.0. The van der Waals surface area contributed by atoms with Gasteiger partial charge in [0.25, 0.3) is 0 Å². The van der Waals surface area contributed by atoms with Crippen LogP contribution in [0.2, 0.25) is 0 Å². The van der Waals surface area contributed by atoms with Crippen molar-refractivity contribution in [3.8, 4) is 0 Å². The van der Waals surface area contributed by atoms with Crippen LogP contribution in [0.5, 0.6) is 0 Å². The summed E-state index contributed by atoms with van der Waals surface area (Å²) in [6.07, 6.45) is 0. The maximum absolute atomic E-state index is 4.80. The lowest BCUT2D eigenvalue weighted by atomic mass is 9.93. The van der Waals surface area contributed by atoms with Crippen molar-refractivity contribution in [2.45, 2.75) is 96.9 Å². The summed E-state index contributed by atoms with van der Waals surface area (Å²) >= 11 is 0. The van der Waals surface area contributed by atoms with E-state index in [9.17, 15) is 0 Å². The molecule has 0 bridgehead atoms. The Morgan fingerprint density at radius 1 is 0.194 bits per heavy atom. The van der Waals surface area contributed by atoms with Gasteiger partial charge in [0.2, 0.25) is 0 Å². The van der Waals surface area contributed by atoms with Crippen LogP contribution in [0.25, 0.3) is 0 Å². The van der Waals surface area contributed by atoms with E-state index in [4.69, 9.17) is 20.5 Å². The lowest BCUT2D eigenvalue weighted by molar-refractivity contribution is 1.08. The molecule has 190 valence electrons. The third kappa shape index (κ3) is 4.42. The summed E-state index contributed by atoms with van der Waals surface area (Å²) < 4.78 is 0. The zero-order valence-corrected chi connectivity index (χ0v) is 24.8. The average molecular weight is 483 g/mol. The van der Waals surface area contributed by atoms with Gasteiger partial charge in [-0.3, -0.25) is 0 Å². The molecule has 0 saturated carbocycles. The Morgan fingerprint density at radius 2 is 0.306 bits per heavy atom. The SMILES string of the molecule is Cc1c(C)c(C)c(/N=N/c2c(C)c(C)c(/N=N/c3c(C)c(C)c(C)c(C)c3C)c(C)c2C)c(C)c1C. The molecule has 3 rings (SSSR count). The quantitative estimate of drug-likeness (QED) is 0.332. The second-order valence-electron chi connectivity index (χ2n) is 10.5. The number of benzene rings is 3. The third-order valence-electron chi connectivity index (χ3n) is 8.97. The first-order valence-electron chi connectivity index (χ1n) is 12.8. The number of nitrogens with zero attached hydrogens (tertiary/aromatic N) is 4. The van der Waals surface area contributed by atoms with Gasteiger partial charge in [-0.15, -0.1) is 20.5 Å². The van der Waals surface area contributed by atoms with Crippen molar-refractivity contribution in [1.29, 1.82) is 0 Å². The zero-order chi connectivity index (χ0) is 27.2. The van der Waals surface area contributed by atoms with E-state index in [1.54, 1.807) is 0 Å².